The zero-order valence-corrected chi connectivity index (χ0v) is 19.0. The fourth-order valence-corrected chi connectivity index (χ4v) is 4.58. The summed E-state index contributed by atoms with van der Waals surface area (Å²) in [5.74, 6) is -0.346. The summed E-state index contributed by atoms with van der Waals surface area (Å²) in [5, 5.41) is 4.87. The largest absolute Gasteiger partial charge is 0.465 e. The minimum Gasteiger partial charge on any atom is -0.465 e. The normalized spacial score (nSPS) is 18.2. The first kappa shape index (κ1) is 21.6. The number of pyridine rings is 1. The highest BCUT2D eigenvalue weighted by Gasteiger charge is 2.42. The van der Waals surface area contributed by atoms with Gasteiger partial charge in [-0.25, -0.2) is 0 Å². The first-order chi connectivity index (χ1) is 15.0. The first-order valence-electron chi connectivity index (χ1n) is 9.76. The monoisotopic (exact) mass is 474 g/mol. The van der Waals surface area contributed by atoms with Crippen LogP contribution in [0.15, 0.2) is 60.9 Å². The molecule has 1 aromatic carbocycles. The summed E-state index contributed by atoms with van der Waals surface area (Å²) in [6, 6.07) is 14.4. The summed E-state index contributed by atoms with van der Waals surface area (Å²) >= 11 is 18.2. The van der Waals surface area contributed by atoms with Crippen molar-refractivity contribution in [3.63, 3.8) is 0 Å². The SMILES string of the molecule is CCOC(=O)CN1C(=S)N[C@@H](c2ccccn2)[C@@H]1c1cccn1-c1ccc(Cl)cc1Cl. The van der Waals surface area contributed by atoms with Crippen LogP contribution in [0.2, 0.25) is 10.0 Å². The van der Waals surface area contributed by atoms with Gasteiger partial charge in [-0.15, -0.1) is 0 Å². The van der Waals surface area contributed by atoms with Gasteiger partial charge in [0, 0.05) is 23.1 Å². The number of rotatable bonds is 6. The fraction of sp³-hybridized carbons (Fsp3) is 0.227. The average Bonchev–Trinajstić information content (AvgIpc) is 3.33. The highest BCUT2D eigenvalue weighted by molar-refractivity contribution is 7.80. The van der Waals surface area contributed by atoms with E-state index >= 15 is 0 Å². The number of thiocarbonyl (C=S) groups is 1. The summed E-state index contributed by atoms with van der Waals surface area (Å²) < 4.78 is 7.16. The number of benzene rings is 1. The molecule has 0 saturated carbocycles. The molecule has 0 bridgehead atoms. The zero-order chi connectivity index (χ0) is 22.0. The third kappa shape index (κ3) is 4.39. The lowest BCUT2D eigenvalue weighted by Gasteiger charge is -2.28. The van der Waals surface area contributed by atoms with Crippen LogP contribution >= 0.6 is 35.4 Å². The molecule has 1 saturated heterocycles. The lowest BCUT2D eigenvalue weighted by Crippen LogP contribution is -2.36. The van der Waals surface area contributed by atoms with Gasteiger partial charge >= 0.3 is 5.97 Å². The van der Waals surface area contributed by atoms with E-state index in [1.807, 2.05) is 52.1 Å². The molecule has 9 heteroatoms. The predicted molar refractivity (Wildman–Crippen MR) is 125 cm³/mol. The van der Waals surface area contributed by atoms with Gasteiger partial charge in [0.1, 0.15) is 6.54 Å². The Morgan fingerprint density at radius 2 is 2.06 bits per heavy atom. The predicted octanol–water partition coefficient (Wildman–Crippen LogP) is 4.71. The molecule has 1 N–H and O–H groups in total. The quantitative estimate of drug-likeness (QED) is 0.412. The van der Waals surface area contributed by atoms with Crippen molar-refractivity contribution < 1.29 is 9.53 Å². The molecule has 1 fully saturated rings. The van der Waals surface area contributed by atoms with Crippen molar-refractivity contribution in [2.45, 2.75) is 19.0 Å². The van der Waals surface area contributed by atoms with Crippen molar-refractivity contribution in [3.8, 4) is 5.69 Å². The van der Waals surface area contributed by atoms with E-state index in [1.54, 1.807) is 25.3 Å². The van der Waals surface area contributed by atoms with Gasteiger partial charge in [-0.1, -0.05) is 29.3 Å². The molecule has 4 rings (SSSR count). The molecule has 6 nitrogen and oxygen atoms in total. The van der Waals surface area contributed by atoms with Crippen LogP contribution in [0.5, 0.6) is 0 Å². The fourth-order valence-electron chi connectivity index (χ4n) is 3.77. The second-order valence-electron chi connectivity index (χ2n) is 6.96. The van der Waals surface area contributed by atoms with E-state index in [9.17, 15) is 4.79 Å². The smallest absolute Gasteiger partial charge is 0.325 e. The molecular weight excluding hydrogens is 455 g/mol. The van der Waals surface area contributed by atoms with Crippen LogP contribution in [0, 0.1) is 0 Å². The number of nitrogens with zero attached hydrogens (tertiary/aromatic N) is 3. The Kier molecular flexibility index (Phi) is 6.46. The molecule has 0 unspecified atom stereocenters. The minimum atomic E-state index is -0.346. The van der Waals surface area contributed by atoms with Crippen LogP contribution < -0.4 is 5.32 Å². The van der Waals surface area contributed by atoms with Gasteiger partial charge in [-0.3, -0.25) is 9.78 Å². The number of aromatic nitrogens is 2. The zero-order valence-electron chi connectivity index (χ0n) is 16.7. The lowest BCUT2D eigenvalue weighted by atomic mass is 10.0. The molecule has 0 radical (unpaired) electrons. The molecule has 3 aromatic rings. The summed E-state index contributed by atoms with van der Waals surface area (Å²) in [6.07, 6.45) is 3.66. The van der Waals surface area contributed by atoms with E-state index in [0.29, 0.717) is 21.8 Å². The Balaban J connectivity index is 1.80. The first-order valence-corrected chi connectivity index (χ1v) is 10.9. The van der Waals surface area contributed by atoms with Gasteiger partial charge < -0.3 is 19.5 Å². The summed E-state index contributed by atoms with van der Waals surface area (Å²) in [5.41, 5.74) is 2.49. The van der Waals surface area contributed by atoms with Crippen molar-refractivity contribution >= 4 is 46.5 Å². The maximum absolute atomic E-state index is 12.3. The molecule has 160 valence electrons. The van der Waals surface area contributed by atoms with Crippen LogP contribution in [-0.4, -0.2) is 38.7 Å². The highest BCUT2D eigenvalue weighted by atomic mass is 35.5. The van der Waals surface area contributed by atoms with Gasteiger partial charge in [-0.05, 0) is 61.6 Å². The van der Waals surface area contributed by atoms with Crippen molar-refractivity contribution in [2.24, 2.45) is 0 Å². The molecule has 1 aliphatic heterocycles. The van der Waals surface area contributed by atoms with Gasteiger partial charge in [-0.2, -0.15) is 0 Å². The Bertz CT molecular complexity index is 1110. The lowest BCUT2D eigenvalue weighted by molar-refractivity contribution is -0.143. The highest BCUT2D eigenvalue weighted by Crippen LogP contribution is 2.40. The maximum Gasteiger partial charge on any atom is 0.325 e. The van der Waals surface area contributed by atoms with Crippen LogP contribution in [-0.2, 0) is 9.53 Å². The molecular formula is C22H20Cl2N4O2S. The minimum absolute atomic E-state index is 0.0210. The number of hydrogen-bond acceptors (Lipinski definition) is 4. The molecule has 0 amide bonds. The van der Waals surface area contributed by atoms with E-state index in [0.717, 1.165) is 17.1 Å². The topological polar surface area (TPSA) is 59.4 Å². The van der Waals surface area contributed by atoms with Crippen molar-refractivity contribution in [1.29, 1.82) is 0 Å². The van der Waals surface area contributed by atoms with Gasteiger partial charge in [0.05, 0.1) is 35.1 Å². The molecule has 0 aliphatic carbocycles. The van der Waals surface area contributed by atoms with E-state index in [2.05, 4.69) is 10.3 Å². The number of ether oxygens (including phenoxy) is 1. The van der Waals surface area contributed by atoms with Crippen molar-refractivity contribution in [3.05, 3.63) is 82.4 Å². The molecule has 0 spiro atoms. The second kappa shape index (κ2) is 9.26. The third-order valence-corrected chi connectivity index (χ3v) is 5.95. The molecule has 1 aliphatic rings. The van der Waals surface area contributed by atoms with Gasteiger partial charge in [0.2, 0.25) is 0 Å². The molecule has 31 heavy (non-hydrogen) atoms. The second-order valence-corrected chi connectivity index (χ2v) is 8.19. The Labute approximate surface area is 195 Å². The van der Waals surface area contributed by atoms with Crippen molar-refractivity contribution in [1.82, 2.24) is 19.8 Å². The van der Waals surface area contributed by atoms with E-state index in [-0.39, 0.29) is 24.6 Å². The van der Waals surface area contributed by atoms with Crippen molar-refractivity contribution in [2.75, 3.05) is 13.2 Å². The molecule has 2 atom stereocenters. The van der Waals surface area contributed by atoms with Crippen LogP contribution in [0.1, 0.15) is 30.4 Å². The van der Waals surface area contributed by atoms with Crippen LogP contribution in [0.4, 0.5) is 0 Å². The van der Waals surface area contributed by atoms with E-state index in [4.69, 9.17) is 40.2 Å². The number of carbonyl (C=O) groups excluding carboxylic acids is 1. The number of halogens is 2. The molecule has 2 aromatic heterocycles. The van der Waals surface area contributed by atoms with E-state index in [1.165, 1.54) is 0 Å². The van der Waals surface area contributed by atoms with Gasteiger partial charge in [0.15, 0.2) is 5.11 Å². The Hall–Kier alpha value is -2.61. The number of hydrogen-bond donors (Lipinski definition) is 1. The summed E-state index contributed by atoms with van der Waals surface area (Å²) in [4.78, 5) is 18.7. The average molecular weight is 475 g/mol. The number of esters is 1. The standard InChI is InChI=1S/C22H20Cl2N4O2S/c1-2-30-19(29)13-28-21(20(26-22(28)31)16-6-3-4-10-25-16)18-7-5-11-27(18)17-9-8-14(23)12-15(17)24/h3-12,20-21H,2,13H2,1H3,(H,26,31)/t20-,21-/m0/s1. The van der Waals surface area contributed by atoms with Crippen LogP contribution in [0.3, 0.4) is 0 Å². The Morgan fingerprint density at radius 3 is 2.77 bits per heavy atom. The summed E-state index contributed by atoms with van der Waals surface area (Å²) in [6.45, 7) is 2.10. The third-order valence-electron chi connectivity index (χ3n) is 5.06. The molecule has 3 heterocycles. The van der Waals surface area contributed by atoms with Crippen LogP contribution in [0.25, 0.3) is 5.69 Å². The number of nitrogens with one attached hydrogen (secondary N) is 1. The van der Waals surface area contributed by atoms with Gasteiger partial charge in [0.25, 0.3) is 0 Å². The number of carbonyl (C=O) groups is 1. The Morgan fingerprint density at radius 1 is 1.23 bits per heavy atom. The van der Waals surface area contributed by atoms with E-state index < -0.39 is 0 Å². The maximum atomic E-state index is 12.3. The summed E-state index contributed by atoms with van der Waals surface area (Å²) in [7, 11) is 0.